The van der Waals surface area contributed by atoms with Crippen molar-refractivity contribution < 1.29 is 0 Å². The van der Waals surface area contributed by atoms with Crippen LogP contribution in [0.1, 0.15) is 48.7 Å². The zero-order valence-corrected chi connectivity index (χ0v) is 10.5. The van der Waals surface area contributed by atoms with E-state index in [1.54, 1.807) is 0 Å². The van der Waals surface area contributed by atoms with Gasteiger partial charge < -0.3 is 0 Å². The van der Waals surface area contributed by atoms with E-state index in [2.05, 4.69) is 40.4 Å². The first-order valence-corrected chi connectivity index (χ1v) is 6.81. The number of hydrogen-bond donors (Lipinski definition) is 0. The molecule has 1 aromatic rings. The molecule has 0 spiro atoms. The van der Waals surface area contributed by atoms with Gasteiger partial charge in [0.05, 0.1) is 0 Å². The van der Waals surface area contributed by atoms with Crippen molar-refractivity contribution in [1.82, 2.24) is 0 Å². The number of hydrogen-bond acceptors (Lipinski definition) is 1. The Kier molecular flexibility index (Phi) is 5.72. The number of thiophene rings is 1. The second kappa shape index (κ2) is 6.61. The summed E-state index contributed by atoms with van der Waals surface area (Å²) in [7, 11) is 0. The van der Waals surface area contributed by atoms with Gasteiger partial charge in [0.15, 0.2) is 0 Å². The van der Waals surface area contributed by atoms with E-state index in [4.69, 9.17) is 0 Å². The third-order valence-electron chi connectivity index (χ3n) is 2.16. The van der Waals surface area contributed by atoms with Crippen molar-refractivity contribution in [2.45, 2.75) is 43.9 Å². The molecule has 0 nitrogen and oxygen atoms in total. The predicted molar refractivity (Wildman–Crippen MR) is 64.7 cm³/mol. The van der Waals surface area contributed by atoms with Gasteiger partial charge >= 0.3 is 0 Å². The molecule has 2 heteroatoms. The van der Waals surface area contributed by atoms with E-state index >= 15 is 0 Å². The standard InChI is InChI=1S/C11H17BrS/c1-2-3-4-5-7-10(12)11-8-6-9-13-11/h6,8-10H,2-5,7H2,1H3. The SMILES string of the molecule is CCCCCCC(Br)c1cccs1. The van der Waals surface area contributed by atoms with Crippen LogP contribution in [0.5, 0.6) is 0 Å². The van der Waals surface area contributed by atoms with Gasteiger partial charge in [-0.05, 0) is 17.9 Å². The van der Waals surface area contributed by atoms with Crippen LogP contribution in [0, 0.1) is 0 Å². The van der Waals surface area contributed by atoms with Crippen LogP contribution in [-0.4, -0.2) is 0 Å². The second-order valence-corrected chi connectivity index (χ2v) is 5.42. The van der Waals surface area contributed by atoms with Crippen LogP contribution in [0.25, 0.3) is 0 Å². The van der Waals surface area contributed by atoms with Gasteiger partial charge in [0.2, 0.25) is 0 Å². The molecule has 0 saturated carbocycles. The molecule has 1 aromatic heterocycles. The van der Waals surface area contributed by atoms with Crippen LogP contribution in [0.2, 0.25) is 0 Å². The Hall–Kier alpha value is 0.180. The Morgan fingerprint density at radius 2 is 2.23 bits per heavy atom. The second-order valence-electron chi connectivity index (χ2n) is 3.33. The van der Waals surface area contributed by atoms with Crippen molar-refractivity contribution in [2.24, 2.45) is 0 Å². The maximum atomic E-state index is 3.73. The highest BCUT2D eigenvalue weighted by Gasteiger charge is 2.06. The molecular weight excluding hydrogens is 244 g/mol. The highest BCUT2D eigenvalue weighted by Crippen LogP contribution is 2.31. The van der Waals surface area contributed by atoms with Crippen molar-refractivity contribution in [3.63, 3.8) is 0 Å². The van der Waals surface area contributed by atoms with Gasteiger partial charge in [-0.15, -0.1) is 11.3 Å². The average molecular weight is 261 g/mol. The molecule has 1 rings (SSSR count). The Morgan fingerprint density at radius 1 is 1.38 bits per heavy atom. The first-order valence-electron chi connectivity index (χ1n) is 5.02. The van der Waals surface area contributed by atoms with Gasteiger partial charge in [-0.1, -0.05) is 54.6 Å². The Bertz CT molecular complexity index is 206. The quantitative estimate of drug-likeness (QED) is 0.490. The summed E-state index contributed by atoms with van der Waals surface area (Å²) < 4.78 is 0. The van der Waals surface area contributed by atoms with Gasteiger partial charge in [0.1, 0.15) is 0 Å². The number of unbranched alkanes of at least 4 members (excludes halogenated alkanes) is 3. The highest BCUT2D eigenvalue weighted by atomic mass is 79.9. The molecule has 0 aliphatic rings. The van der Waals surface area contributed by atoms with E-state index in [-0.39, 0.29) is 0 Å². The summed E-state index contributed by atoms with van der Waals surface area (Å²) in [5.41, 5.74) is 0. The average Bonchev–Trinajstić information content (AvgIpc) is 2.65. The molecule has 1 unspecified atom stereocenters. The first-order chi connectivity index (χ1) is 6.34. The Morgan fingerprint density at radius 3 is 2.85 bits per heavy atom. The molecule has 0 amide bonds. The minimum atomic E-state index is 0.587. The van der Waals surface area contributed by atoms with E-state index in [0.717, 1.165) is 0 Å². The van der Waals surface area contributed by atoms with E-state index < -0.39 is 0 Å². The maximum Gasteiger partial charge on any atom is 0.0489 e. The molecule has 0 aliphatic carbocycles. The Balaban J connectivity index is 2.15. The lowest BCUT2D eigenvalue weighted by Gasteiger charge is -2.06. The molecule has 0 fully saturated rings. The molecule has 0 N–H and O–H groups in total. The summed E-state index contributed by atoms with van der Waals surface area (Å²) in [5, 5.41) is 2.15. The van der Waals surface area contributed by atoms with Crippen molar-refractivity contribution in [2.75, 3.05) is 0 Å². The third-order valence-corrected chi connectivity index (χ3v) is 4.40. The van der Waals surface area contributed by atoms with E-state index in [1.165, 1.54) is 37.0 Å². The summed E-state index contributed by atoms with van der Waals surface area (Å²) >= 11 is 5.58. The summed E-state index contributed by atoms with van der Waals surface area (Å²) in [4.78, 5) is 2.06. The minimum Gasteiger partial charge on any atom is -0.148 e. The van der Waals surface area contributed by atoms with Crippen LogP contribution in [0.4, 0.5) is 0 Å². The van der Waals surface area contributed by atoms with Crippen molar-refractivity contribution in [3.05, 3.63) is 22.4 Å². The largest absolute Gasteiger partial charge is 0.148 e. The van der Waals surface area contributed by atoms with Gasteiger partial charge in [-0.2, -0.15) is 0 Å². The van der Waals surface area contributed by atoms with Crippen LogP contribution in [-0.2, 0) is 0 Å². The third kappa shape index (κ3) is 4.28. The summed E-state index contributed by atoms with van der Waals surface area (Å²) in [6.07, 6.45) is 6.71. The van der Waals surface area contributed by atoms with Crippen molar-refractivity contribution >= 4 is 27.3 Å². The number of rotatable bonds is 6. The van der Waals surface area contributed by atoms with Gasteiger partial charge in [0.25, 0.3) is 0 Å². The topological polar surface area (TPSA) is 0 Å². The van der Waals surface area contributed by atoms with Crippen LogP contribution in [0.3, 0.4) is 0 Å². The van der Waals surface area contributed by atoms with Crippen LogP contribution in [0.15, 0.2) is 17.5 Å². The van der Waals surface area contributed by atoms with Crippen molar-refractivity contribution in [1.29, 1.82) is 0 Å². The molecule has 0 radical (unpaired) electrons. The molecule has 0 saturated heterocycles. The molecule has 0 aliphatic heterocycles. The zero-order chi connectivity index (χ0) is 9.52. The molecule has 1 atom stereocenters. The van der Waals surface area contributed by atoms with Crippen LogP contribution >= 0.6 is 27.3 Å². The van der Waals surface area contributed by atoms with Crippen molar-refractivity contribution in [3.8, 4) is 0 Å². The van der Waals surface area contributed by atoms with E-state index in [9.17, 15) is 0 Å². The number of halogens is 1. The zero-order valence-electron chi connectivity index (χ0n) is 8.13. The van der Waals surface area contributed by atoms with Gasteiger partial charge in [-0.25, -0.2) is 0 Å². The lowest BCUT2D eigenvalue weighted by atomic mass is 10.1. The van der Waals surface area contributed by atoms with E-state index in [1.807, 2.05) is 11.3 Å². The molecule has 0 bridgehead atoms. The summed E-state index contributed by atoms with van der Waals surface area (Å²) in [5.74, 6) is 0. The summed E-state index contributed by atoms with van der Waals surface area (Å²) in [6.45, 7) is 2.25. The van der Waals surface area contributed by atoms with E-state index in [0.29, 0.717) is 4.83 Å². The fraction of sp³-hybridized carbons (Fsp3) is 0.636. The minimum absolute atomic E-state index is 0.587. The molecule has 1 heterocycles. The van der Waals surface area contributed by atoms with Gasteiger partial charge in [0, 0.05) is 9.70 Å². The fourth-order valence-corrected chi connectivity index (χ4v) is 2.90. The Labute approximate surface area is 93.5 Å². The van der Waals surface area contributed by atoms with Gasteiger partial charge in [-0.3, -0.25) is 0 Å². The maximum absolute atomic E-state index is 3.73. The summed E-state index contributed by atoms with van der Waals surface area (Å²) in [6, 6.07) is 4.34. The molecule has 0 aromatic carbocycles. The predicted octanol–water partition coefficient (Wildman–Crippen LogP) is 5.15. The fourth-order valence-electron chi connectivity index (χ4n) is 1.36. The lowest BCUT2D eigenvalue weighted by Crippen LogP contribution is -1.86. The normalized spacial score (nSPS) is 13.1. The highest BCUT2D eigenvalue weighted by molar-refractivity contribution is 9.09. The number of alkyl halides is 1. The molecule has 13 heavy (non-hydrogen) atoms. The lowest BCUT2D eigenvalue weighted by molar-refractivity contribution is 0.632. The first kappa shape index (κ1) is 11.3. The van der Waals surface area contributed by atoms with Crippen LogP contribution < -0.4 is 0 Å². The monoisotopic (exact) mass is 260 g/mol. The molecule has 74 valence electrons. The molecular formula is C11H17BrS. The smallest absolute Gasteiger partial charge is 0.0489 e.